The first kappa shape index (κ1) is 15.5. The molecule has 0 amide bonds. The molecule has 0 saturated carbocycles. The molecule has 1 unspecified atom stereocenters. The Bertz CT molecular complexity index is 666. The highest BCUT2D eigenvalue weighted by Crippen LogP contribution is 2.28. The van der Waals surface area contributed by atoms with Crippen LogP contribution in [-0.2, 0) is 15.6 Å². The molecule has 4 nitrogen and oxygen atoms in total. The van der Waals surface area contributed by atoms with Crippen LogP contribution in [0.25, 0.3) is 0 Å². The average Bonchev–Trinajstić information content (AvgIpc) is 2.49. The van der Waals surface area contributed by atoms with Gasteiger partial charge in [0.25, 0.3) is 0 Å². The monoisotopic (exact) mass is 305 g/mol. The van der Waals surface area contributed by atoms with E-state index >= 15 is 0 Å². The Balaban J connectivity index is 2.23. The maximum Gasteiger partial charge on any atom is 0.162 e. The van der Waals surface area contributed by atoms with E-state index in [-0.39, 0.29) is 5.75 Å². The largest absolute Gasteiger partial charge is 0.495 e. The van der Waals surface area contributed by atoms with Crippen LogP contribution >= 0.6 is 0 Å². The summed E-state index contributed by atoms with van der Waals surface area (Å²) in [6.07, 6.45) is 2.08. The summed E-state index contributed by atoms with van der Waals surface area (Å²) < 4.78 is 30.3. The summed E-state index contributed by atoms with van der Waals surface area (Å²) in [6.45, 7) is 1.89. The van der Waals surface area contributed by atoms with Crippen molar-refractivity contribution < 1.29 is 13.2 Å². The van der Waals surface area contributed by atoms with E-state index < -0.39 is 15.1 Å². The van der Waals surface area contributed by atoms with E-state index in [1.54, 1.807) is 19.2 Å². The Labute approximate surface area is 125 Å². The molecule has 2 aromatic rings. The van der Waals surface area contributed by atoms with Crippen LogP contribution in [-0.4, -0.2) is 20.5 Å². The molecule has 2 rings (SSSR count). The van der Waals surface area contributed by atoms with Crippen molar-refractivity contribution in [2.75, 3.05) is 7.11 Å². The molecular formula is C16H19NO3S. The topological polar surface area (TPSA) is 56.3 Å². The molecule has 1 aromatic carbocycles. The van der Waals surface area contributed by atoms with Gasteiger partial charge in [-0.3, -0.25) is 4.98 Å². The van der Waals surface area contributed by atoms with E-state index in [0.29, 0.717) is 17.9 Å². The Hall–Kier alpha value is -1.88. The lowest BCUT2D eigenvalue weighted by Crippen LogP contribution is -2.15. The van der Waals surface area contributed by atoms with Crippen LogP contribution in [0.5, 0.6) is 5.75 Å². The second-order valence-corrected chi connectivity index (χ2v) is 6.99. The molecule has 112 valence electrons. The van der Waals surface area contributed by atoms with E-state index in [0.717, 1.165) is 5.56 Å². The van der Waals surface area contributed by atoms with Crippen LogP contribution in [0.4, 0.5) is 0 Å². The molecule has 0 bridgehead atoms. The van der Waals surface area contributed by atoms with Gasteiger partial charge in [-0.15, -0.1) is 0 Å². The third-order valence-electron chi connectivity index (χ3n) is 3.36. The highest BCUT2D eigenvalue weighted by molar-refractivity contribution is 7.90. The van der Waals surface area contributed by atoms with Crippen LogP contribution < -0.4 is 4.74 Å². The number of methoxy groups -OCH3 is 1. The quantitative estimate of drug-likeness (QED) is 0.822. The molecule has 0 fully saturated rings. The van der Waals surface area contributed by atoms with Crippen LogP contribution in [0, 0.1) is 0 Å². The maximum absolute atomic E-state index is 12.6. The fourth-order valence-corrected chi connectivity index (χ4v) is 4.15. The van der Waals surface area contributed by atoms with Gasteiger partial charge < -0.3 is 4.74 Å². The van der Waals surface area contributed by atoms with E-state index in [2.05, 4.69) is 4.98 Å². The molecule has 0 radical (unpaired) electrons. The lowest BCUT2D eigenvalue weighted by Gasteiger charge is -2.16. The van der Waals surface area contributed by atoms with Crippen LogP contribution in [0.2, 0.25) is 0 Å². The summed E-state index contributed by atoms with van der Waals surface area (Å²) in [4.78, 5) is 4.14. The average molecular weight is 305 g/mol. The van der Waals surface area contributed by atoms with E-state index in [9.17, 15) is 8.42 Å². The minimum Gasteiger partial charge on any atom is -0.495 e. The van der Waals surface area contributed by atoms with Crippen LogP contribution in [0.15, 0.2) is 48.7 Å². The summed E-state index contributed by atoms with van der Waals surface area (Å²) in [5, 5.41) is -0.498. The fraction of sp³-hybridized carbons (Fsp3) is 0.312. The smallest absolute Gasteiger partial charge is 0.162 e. The number of sulfone groups is 1. The highest BCUT2D eigenvalue weighted by Gasteiger charge is 2.26. The fourth-order valence-electron chi connectivity index (χ4n) is 2.29. The first-order valence-corrected chi connectivity index (χ1v) is 8.53. The van der Waals surface area contributed by atoms with Gasteiger partial charge in [-0.1, -0.05) is 37.3 Å². The van der Waals surface area contributed by atoms with Gasteiger partial charge in [0.1, 0.15) is 5.75 Å². The maximum atomic E-state index is 12.6. The number of hydrogen-bond donors (Lipinski definition) is 0. The Morgan fingerprint density at radius 2 is 1.86 bits per heavy atom. The van der Waals surface area contributed by atoms with Gasteiger partial charge >= 0.3 is 0 Å². The standard InChI is InChI=1S/C16H19NO3S/c1-3-16(13-7-5-4-6-8-13)21(18,19)12-14-9-10-15(20-2)11-17-14/h4-11,16H,3,12H2,1-2H3. The van der Waals surface area contributed by atoms with Crippen molar-refractivity contribution in [3.05, 3.63) is 59.9 Å². The number of pyridine rings is 1. The first-order valence-electron chi connectivity index (χ1n) is 6.82. The SMILES string of the molecule is CCC(c1ccccc1)S(=O)(=O)Cc1ccc(OC)cn1. The second kappa shape index (κ2) is 6.72. The van der Waals surface area contributed by atoms with Gasteiger partial charge in [-0.25, -0.2) is 8.42 Å². The summed E-state index contributed by atoms with van der Waals surface area (Å²) in [5.74, 6) is 0.552. The van der Waals surface area contributed by atoms with Gasteiger partial charge in [0.15, 0.2) is 9.84 Å². The van der Waals surface area contributed by atoms with Crippen LogP contribution in [0.3, 0.4) is 0 Å². The molecule has 0 aliphatic heterocycles. The lowest BCUT2D eigenvalue weighted by atomic mass is 10.1. The summed E-state index contributed by atoms with van der Waals surface area (Å²) in [5.41, 5.74) is 1.36. The Morgan fingerprint density at radius 3 is 2.38 bits per heavy atom. The molecule has 0 saturated heterocycles. The summed E-state index contributed by atoms with van der Waals surface area (Å²) >= 11 is 0. The molecule has 1 atom stereocenters. The van der Waals surface area contributed by atoms with Gasteiger partial charge in [-0.05, 0) is 24.1 Å². The Morgan fingerprint density at radius 1 is 1.14 bits per heavy atom. The zero-order chi connectivity index (χ0) is 15.3. The zero-order valence-corrected chi connectivity index (χ0v) is 13.0. The van der Waals surface area contributed by atoms with Crippen molar-refractivity contribution >= 4 is 9.84 Å². The minimum atomic E-state index is -3.30. The number of ether oxygens (including phenoxy) is 1. The number of hydrogen-bond acceptors (Lipinski definition) is 4. The molecule has 0 spiro atoms. The van der Waals surface area contributed by atoms with Gasteiger partial charge in [-0.2, -0.15) is 0 Å². The van der Waals surface area contributed by atoms with Crippen molar-refractivity contribution in [1.82, 2.24) is 4.98 Å². The van der Waals surface area contributed by atoms with E-state index in [1.807, 2.05) is 37.3 Å². The molecule has 1 aromatic heterocycles. The highest BCUT2D eigenvalue weighted by atomic mass is 32.2. The normalized spacial score (nSPS) is 12.9. The summed E-state index contributed by atoms with van der Waals surface area (Å²) in [7, 11) is -1.75. The molecule has 21 heavy (non-hydrogen) atoms. The Kier molecular flexibility index (Phi) is 4.96. The molecule has 0 N–H and O–H groups in total. The second-order valence-electron chi connectivity index (χ2n) is 4.80. The van der Waals surface area contributed by atoms with Gasteiger partial charge in [0, 0.05) is 0 Å². The summed E-state index contributed by atoms with van der Waals surface area (Å²) in [6, 6.07) is 12.7. The van der Waals surface area contributed by atoms with Gasteiger partial charge in [0.2, 0.25) is 0 Å². The minimum absolute atomic E-state index is 0.0651. The number of nitrogens with zero attached hydrogens (tertiary/aromatic N) is 1. The molecule has 0 aliphatic rings. The number of rotatable bonds is 6. The van der Waals surface area contributed by atoms with Crippen LogP contribution in [0.1, 0.15) is 29.9 Å². The number of benzene rings is 1. The molecule has 1 heterocycles. The third-order valence-corrected chi connectivity index (χ3v) is 5.53. The zero-order valence-electron chi connectivity index (χ0n) is 12.2. The van der Waals surface area contributed by atoms with Gasteiger partial charge in [0.05, 0.1) is 30.0 Å². The van der Waals surface area contributed by atoms with E-state index in [4.69, 9.17) is 4.74 Å². The molecule has 0 aliphatic carbocycles. The van der Waals surface area contributed by atoms with Crippen molar-refractivity contribution in [2.45, 2.75) is 24.3 Å². The first-order chi connectivity index (χ1) is 10.1. The van der Waals surface area contributed by atoms with Crippen molar-refractivity contribution in [3.8, 4) is 5.75 Å². The van der Waals surface area contributed by atoms with Crippen molar-refractivity contribution in [3.63, 3.8) is 0 Å². The van der Waals surface area contributed by atoms with E-state index in [1.165, 1.54) is 6.20 Å². The molecule has 5 heteroatoms. The van der Waals surface area contributed by atoms with Crippen molar-refractivity contribution in [2.24, 2.45) is 0 Å². The predicted molar refractivity (Wildman–Crippen MR) is 82.9 cm³/mol. The van der Waals surface area contributed by atoms with Crippen molar-refractivity contribution in [1.29, 1.82) is 0 Å². The molecular weight excluding hydrogens is 286 g/mol. The lowest BCUT2D eigenvalue weighted by molar-refractivity contribution is 0.412. The number of aromatic nitrogens is 1. The predicted octanol–water partition coefficient (Wildman–Crippen LogP) is 3.16. The third kappa shape index (κ3) is 3.82.